The van der Waals surface area contributed by atoms with Gasteiger partial charge in [-0.15, -0.1) is 0 Å². The predicted octanol–water partition coefficient (Wildman–Crippen LogP) is 0.909. The van der Waals surface area contributed by atoms with Crippen molar-refractivity contribution < 1.29 is 10.2 Å². The van der Waals surface area contributed by atoms with Gasteiger partial charge in [0, 0.05) is 30.2 Å². The molecule has 0 aliphatic carbocycles. The monoisotopic (exact) mass is 245 g/mol. The Balaban J connectivity index is 2.11. The first-order valence-electron chi connectivity index (χ1n) is 5.70. The van der Waals surface area contributed by atoms with Crippen molar-refractivity contribution in [1.29, 1.82) is 0 Å². The molecule has 0 aliphatic heterocycles. The molecule has 3 N–H and O–H groups in total. The summed E-state index contributed by atoms with van der Waals surface area (Å²) in [5, 5.41) is 21.0. The number of benzene rings is 1. The van der Waals surface area contributed by atoms with Crippen molar-refractivity contribution in [3.63, 3.8) is 0 Å². The molecule has 2 aromatic rings. The Hall–Kier alpha value is -1.98. The average Bonchev–Trinajstić information content (AvgIpc) is 2.46. The second-order valence-electron chi connectivity index (χ2n) is 3.87. The van der Waals surface area contributed by atoms with Crippen LogP contribution in [0.15, 0.2) is 42.7 Å². The van der Waals surface area contributed by atoms with E-state index in [1.54, 1.807) is 18.5 Å². The van der Waals surface area contributed by atoms with Gasteiger partial charge in [-0.25, -0.2) is 9.97 Å². The molecule has 5 heteroatoms. The first-order valence-corrected chi connectivity index (χ1v) is 5.70. The zero-order chi connectivity index (χ0) is 12.8. The lowest BCUT2D eigenvalue weighted by Gasteiger charge is -2.10. The summed E-state index contributed by atoms with van der Waals surface area (Å²) in [6.07, 6.45) is 2.62. The van der Waals surface area contributed by atoms with Crippen molar-refractivity contribution in [1.82, 2.24) is 9.97 Å². The fraction of sp³-hybridized carbons (Fsp3) is 0.231. The van der Waals surface area contributed by atoms with Crippen LogP contribution in [0.1, 0.15) is 0 Å². The molecule has 1 unspecified atom stereocenters. The lowest BCUT2D eigenvalue weighted by molar-refractivity contribution is 0.105. The van der Waals surface area contributed by atoms with Gasteiger partial charge >= 0.3 is 0 Å². The highest BCUT2D eigenvalue weighted by Gasteiger charge is 2.03. The van der Waals surface area contributed by atoms with E-state index in [2.05, 4.69) is 15.3 Å². The molecule has 0 bridgehead atoms. The minimum atomic E-state index is -0.762. The molecule has 0 spiro atoms. The van der Waals surface area contributed by atoms with E-state index in [1.165, 1.54) is 0 Å². The molecule has 94 valence electrons. The summed E-state index contributed by atoms with van der Waals surface area (Å²) in [5.41, 5.74) is 1.76. The number of hydrogen-bond donors (Lipinski definition) is 3. The number of anilines is 1. The van der Waals surface area contributed by atoms with E-state index in [0.717, 1.165) is 11.3 Å². The van der Waals surface area contributed by atoms with E-state index in [-0.39, 0.29) is 6.61 Å². The molecule has 0 saturated heterocycles. The molecular formula is C13H15N3O2. The van der Waals surface area contributed by atoms with Crippen LogP contribution in [0.3, 0.4) is 0 Å². The van der Waals surface area contributed by atoms with Crippen molar-refractivity contribution in [2.24, 2.45) is 0 Å². The zero-order valence-corrected chi connectivity index (χ0v) is 9.82. The van der Waals surface area contributed by atoms with E-state index in [4.69, 9.17) is 5.11 Å². The molecule has 1 aromatic heterocycles. The summed E-state index contributed by atoms with van der Waals surface area (Å²) in [6.45, 7) is 0.0457. The van der Waals surface area contributed by atoms with Gasteiger partial charge in [0.2, 0.25) is 0 Å². The third kappa shape index (κ3) is 3.26. The first kappa shape index (κ1) is 12.5. The minimum absolute atomic E-state index is 0.255. The highest BCUT2D eigenvalue weighted by atomic mass is 16.3. The van der Waals surface area contributed by atoms with Crippen molar-refractivity contribution >= 4 is 5.69 Å². The molecule has 1 heterocycles. The fourth-order valence-corrected chi connectivity index (χ4v) is 1.52. The van der Waals surface area contributed by atoms with Crippen LogP contribution in [0.4, 0.5) is 5.69 Å². The number of nitrogens with one attached hydrogen (secondary N) is 1. The maximum Gasteiger partial charge on any atom is 0.159 e. The maximum absolute atomic E-state index is 9.27. The van der Waals surface area contributed by atoms with Crippen molar-refractivity contribution in [2.45, 2.75) is 6.10 Å². The van der Waals surface area contributed by atoms with E-state index >= 15 is 0 Å². The van der Waals surface area contributed by atoms with E-state index in [1.807, 2.05) is 24.3 Å². The Bertz CT molecular complexity index is 491. The third-order valence-electron chi connectivity index (χ3n) is 2.44. The molecule has 5 nitrogen and oxygen atoms in total. The van der Waals surface area contributed by atoms with Crippen LogP contribution in [-0.2, 0) is 0 Å². The molecule has 0 fully saturated rings. The zero-order valence-electron chi connectivity index (χ0n) is 9.82. The Morgan fingerprint density at radius 1 is 1.17 bits per heavy atom. The Morgan fingerprint density at radius 2 is 1.94 bits per heavy atom. The molecule has 0 saturated carbocycles. The topological polar surface area (TPSA) is 78.3 Å². The van der Waals surface area contributed by atoms with E-state index < -0.39 is 6.10 Å². The van der Waals surface area contributed by atoms with Crippen LogP contribution in [0.5, 0.6) is 0 Å². The first-order chi connectivity index (χ1) is 8.79. The van der Waals surface area contributed by atoms with Gasteiger partial charge in [0.1, 0.15) is 0 Å². The normalized spacial score (nSPS) is 12.1. The number of aliphatic hydroxyl groups is 2. The number of aliphatic hydroxyl groups excluding tert-OH is 2. The van der Waals surface area contributed by atoms with Gasteiger partial charge in [-0.1, -0.05) is 12.1 Å². The second kappa shape index (κ2) is 6.09. The molecular weight excluding hydrogens is 230 g/mol. The smallest absolute Gasteiger partial charge is 0.159 e. The highest BCUT2D eigenvalue weighted by Crippen LogP contribution is 2.18. The van der Waals surface area contributed by atoms with Gasteiger partial charge in [-0.3, -0.25) is 0 Å². The van der Waals surface area contributed by atoms with Gasteiger partial charge < -0.3 is 15.5 Å². The molecule has 18 heavy (non-hydrogen) atoms. The van der Waals surface area contributed by atoms with Crippen LogP contribution >= 0.6 is 0 Å². The minimum Gasteiger partial charge on any atom is -0.394 e. The fourth-order valence-electron chi connectivity index (χ4n) is 1.52. The summed E-state index contributed by atoms with van der Waals surface area (Å²) in [6, 6.07) is 9.36. The average molecular weight is 245 g/mol. The number of hydrogen-bond acceptors (Lipinski definition) is 5. The van der Waals surface area contributed by atoms with E-state index in [0.29, 0.717) is 12.4 Å². The highest BCUT2D eigenvalue weighted by molar-refractivity contribution is 5.62. The Labute approximate surface area is 105 Å². The van der Waals surface area contributed by atoms with Gasteiger partial charge in [0.15, 0.2) is 5.82 Å². The molecule has 0 aliphatic rings. The standard InChI is InChI=1S/C13H15N3O2/c17-9-12(18)8-16-11-4-1-3-10(7-11)13-14-5-2-6-15-13/h1-7,12,16-18H,8-9H2. The van der Waals surface area contributed by atoms with Gasteiger partial charge in [-0.2, -0.15) is 0 Å². The molecule has 2 rings (SSSR count). The lowest BCUT2D eigenvalue weighted by Crippen LogP contribution is -2.22. The van der Waals surface area contributed by atoms with Crippen LogP contribution in [0, 0.1) is 0 Å². The van der Waals surface area contributed by atoms with Crippen LogP contribution in [-0.4, -0.2) is 39.4 Å². The SMILES string of the molecule is OCC(O)CNc1cccc(-c2ncccn2)c1. The quantitative estimate of drug-likeness (QED) is 0.729. The van der Waals surface area contributed by atoms with E-state index in [9.17, 15) is 5.11 Å². The van der Waals surface area contributed by atoms with Crippen LogP contribution in [0.2, 0.25) is 0 Å². The van der Waals surface area contributed by atoms with Crippen LogP contribution < -0.4 is 5.32 Å². The Morgan fingerprint density at radius 3 is 2.67 bits per heavy atom. The van der Waals surface area contributed by atoms with Gasteiger partial charge in [0.25, 0.3) is 0 Å². The maximum atomic E-state index is 9.27. The summed E-state index contributed by atoms with van der Waals surface area (Å²) in [5.74, 6) is 0.656. The number of nitrogens with zero attached hydrogens (tertiary/aromatic N) is 2. The predicted molar refractivity (Wildman–Crippen MR) is 69.1 cm³/mol. The molecule has 1 atom stereocenters. The second-order valence-corrected chi connectivity index (χ2v) is 3.87. The van der Waals surface area contributed by atoms with Crippen LogP contribution in [0.25, 0.3) is 11.4 Å². The number of rotatable bonds is 5. The summed E-state index contributed by atoms with van der Waals surface area (Å²) in [4.78, 5) is 8.35. The summed E-state index contributed by atoms with van der Waals surface area (Å²) < 4.78 is 0. The molecule has 1 aromatic carbocycles. The van der Waals surface area contributed by atoms with Crippen molar-refractivity contribution in [3.05, 3.63) is 42.7 Å². The largest absolute Gasteiger partial charge is 0.394 e. The Kier molecular flexibility index (Phi) is 4.22. The summed E-state index contributed by atoms with van der Waals surface area (Å²) >= 11 is 0. The third-order valence-corrected chi connectivity index (χ3v) is 2.44. The number of aromatic nitrogens is 2. The summed E-state index contributed by atoms with van der Waals surface area (Å²) in [7, 11) is 0. The molecule has 0 radical (unpaired) electrons. The van der Waals surface area contributed by atoms with Gasteiger partial charge in [0.05, 0.1) is 12.7 Å². The van der Waals surface area contributed by atoms with Crippen molar-refractivity contribution in [3.8, 4) is 11.4 Å². The lowest BCUT2D eigenvalue weighted by atomic mass is 10.2. The molecule has 0 amide bonds. The van der Waals surface area contributed by atoms with Crippen molar-refractivity contribution in [2.75, 3.05) is 18.5 Å². The van der Waals surface area contributed by atoms with Gasteiger partial charge in [-0.05, 0) is 18.2 Å².